The van der Waals surface area contributed by atoms with Crippen molar-refractivity contribution in [3.63, 3.8) is 0 Å². The first kappa shape index (κ1) is 16.0. The van der Waals surface area contributed by atoms with Crippen LogP contribution in [0.15, 0.2) is 47.0 Å². The first-order chi connectivity index (χ1) is 11.5. The number of hydrogen-bond acceptors (Lipinski definition) is 4. The molecule has 0 saturated carbocycles. The van der Waals surface area contributed by atoms with Gasteiger partial charge in [-0.2, -0.15) is 0 Å². The maximum atomic E-state index is 14.1. The Morgan fingerprint density at radius 3 is 2.71 bits per heavy atom. The molecule has 2 N–H and O–H groups in total. The predicted molar refractivity (Wildman–Crippen MR) is 87.7 cm³/mol. The highest BCUT2D eigenvalue weighted by Crippen LogP contribution is 2.34. The lowest BCUT2D eigenvalue weighted by molar-refractivity contribution is 0.102. The van der Waals surface area contributed by atoms with Gasteiger partial charge in [-0.25, -0.2) is 4.39 Å². The molecule has 0 unspecified atom stereocenters. The molecular weight excluding hydrogens is 335 g/mol. The van der Waals surface area contributed by atoms with Gasteiger partial charge >= 0.3 is 0 Å². The number of aromatic hydroxyl groups is 1. The van der Waals surface area contributed by atoms with Crippen LogP contribution >= 0.6 is 11.6 Å². The summed E-state index contributed by atoms with van der Waals surface area (Å²) in [6.45, 7) is 1.53. The minimum absolute atomic E-state index is 0.00326. The number of phenolic OH excluding ortho intramolecular Hbond substituents is 1. The van der Waals surface area contributed by atoms with Crippen LogP contribution in [0.4, 0.5) is 10.1 Å². The zero-order valence-electron chi connectivity index (χ0n) is 12.5. The molecule has 1 amide bonds. The van der Waals surface area contributed by atoms with E-state index < -0.39 is 11.7 Å². The number of halogens is 2. The van der Waals surface area contributed by atoms with Crippen molar-refractivity contribution in [1.29, 1.82) is 0 Å². The Morgan fingerprint density at radius 2 is 2.00 bits per heavy atom. The van der Waals surface area contributed by atoms with Crippen LogP contribution in [0.5, 0.6) is 5.75 Å². The minimum atomic E-state index is -0.618. The molecule has 3 aromatic rings. The van der Waals surface area contributed by atoms with Crippen molar-refractivity contribution in [2.75, 3.05) is 5.32 Å². The summed E-state index contributed by atoms with van der Waals surface area (Å²) in [5, 5.41) is 16.2. The summed E-state index contributed by atoms with van der Waals surface area (Å²) < 4.78 is 19.2. The third-order valence-corrected chi connectivity index (χ3v) is 3.76. The molecule has 24 heavy (non-hydrogen) atoms. The summed E-state index contributed by atoms with van der Waals surface area (Å²) in [5.41, 5.74) is 0.251. The zero-order valence-corrected chi connectivity index (χ0v) is 13.3. The number of para-hydroxylation sites is 2. The van der Waals surface area contributed by atoms with Crippen molar-refractivity contribution in [2.24, 2.45) is 0 Å². The van der Waals surface area contributed by atoms with Gasteiger partial charge in [0, 0.05) is 0 Å². The fourth-order valence-corrected chi connectivity index (χ4v) is 2.55. The second-order valence-corrected chi connectivity index (χ2v) is 5.44. The molecule has 0 aliphatic carbocycles. The van der Waals surface area contributed by atoms with Gasteiger partial charge in [-0.05, 0) is 31.2 Å². The number of amides is 1. The normalized spacial score (nSPS) is 10.6. The van der Waals surface area contributed by atoms with Crippen LogP contribution < -0.4 is 5.32 Å². The number of carbonyl (C=O) groups excluding carboxylic acids is 1. The van der Waals surface area contributed by atoms with Gasteiger partial charge in [0.15, 0.2) is 0 Å². The Hall–Kier alpha value is -2.86. The number of benzene rings is 2. The van der Waals surface area contributed by atoms with E-state index in [0.717, 1.165) is 0 Å². The maximum absolute atomic E-state index is 14.1. The number of aromatic nitrogens is 1. The zero-order chi connectivity index (χ0) is 17.3. The molecule has 0 spiro atoms. The summed E-state index contributed by atoms with van der Waals surface area (Å²) in [6, 6.07) is 10.4. The van der Waals surface area contributed by atoms with Gasteiger partial charge < -0.3 is 14.9 Å². The molecule has 1 heterocycles. The SMILES string of the molecule is Cc1onc(-c2c(F)cccc2Cl)c1C(=O)Nc1ccccc1O. The topological polar surface area (TPSA) is 75.4 Å². The Kier molecular flexibility index (Phi) is 4.22. The van der Waals surface area contributed by atoms with Crippen molar-refractivity contribution in [1.82, 2.24) is 5.16 Å². The fourth-order valence-electron chi connectivity index (χ4n) is 2.30. The van der Waals surface area contributed by atoms with E-state index in [2.05, 4.69) is 10.5 Å². The molecule has 0 fully saturated rings. The number of aryl methyl sites for hydroxylation is 1. The molecule has 0 saturated heterocycles. The lowest BCUT2D eigenvalue weighted by atomic mass is 10.0. The van der Waals surface area contributed by atoms with Crippen LogP contribution in [0, 0.1) is 12.7 Å². The number of carbonyl (C=O) groups is 1. The van der Waals surface area contributed by atoms with E-state index in [-0.39, 0.29) is 39.0 Å². The quantitative estimate of drug-likeness (QED) is 0.689. The molecule has 0 aliphatic rings. The molecule has 3 rings (SSSR count). The van der Waals surface area contributed by atoms with E-state index >= 15 is 0 Å². The monoisotopic (exact) mass is 346 g/mol. The van der Waals surface area contributed by atoms with Crippen LogP contribution in [0.3, 0.4) is 0 Å². The molecule has 0 aliphatic heterocycles. The fraction of sp³-hybridized carbons (Fsp3) is 0.0588. The summed E-state index contributed by atoms with van der Waals surface area (Å²) in [6.07, 6.45) is 0. The predicted octanol–water partition coefficient (Wildman–Crippen LogP) is 4.40. The molecule has 2 aromatic carbocycles. The third-order valence-electron chi connectivity index (χ3n) is 3.44. The average molecular weight is 347 g/mol. The van der Waals surface area contributed by atoms with Gasteiger partial charge in [0.25, 0.3) is 5.91 Å². The summed E-state index contributed by atoms with van der Waals surface area (Å²) in [4.78, 5) is 12.6. The van der Waals surface area contributed by atoms with E-state index in [1.807, 2.05) is 0 Å². The van der Waals surface area contributed by atoms with Gasteiger partial charge in [0.2, 0.25) is 0 Å². The second-order valence-electron chi connectivity index (χ2n) is 5.03. The number of anilines is 1. The van der Waals surface area contributed by atoms with E-state index in [1.54, 1.807) is 12.1 Å². The summed E-state index contributed by atoms with van der Waals surface area (Å²) >= 11 is 6.04. The van der Waals surface area contributed by atoms with Crippen LogP contribution in [-0.2, 0) is 0 Å². The number of phenols is 1. The van der Waals surface area contributed by atoms with E-state index in [4.69, 9.17) is 16.1 Å². The number of rotatable bonds is 3. The van der Waals surface area contributed by atoms with Gasteiger partial charge in [-0.1, -0.05) is 35.0 Å². The molecule has 0 atom stereocenters. The van der Waals surface area contributed by atoms with E-state index in [9.17, 15) is 14.3 Å². The minimum Gasteiger partial charge on any atom is -0.506 e. The van der Waals surface area contributed by atoms with Crippen LogP contribution in [0.2, 0.25) is 5.02 Å². The summed E-state index contributed by atoms with van der Waals surface area (Å²) in [5.74, 6) is -1.10. The number of nitrogens with one attached hydrogen (secondary N) is 1. The average Bonchev–Trinajstić information content (AvgIpc) is 2.91. The van der Waals surface area contributed by atoms with Gasteiger partial charge in [-0.3, -0.25) is 4.79 Å². The van der Waals surface area contributed by atoms with Crippen molar-refractivity contribution >= 4 is 23.2 Å². The Morgan fingerprint density at radius 1 is 1.25 bits per heavy atom. The Bertz CT molecular complexity index is 904. The van der Waals surface area contributed by atoms with Gasteiger partial charge in [0.1, 0.15) is 28.6 Å². The highest BCUT2D eigenvalue weighted by atomic mass is 35.5. The molecule has 7 heteroatoms. The number of nitrogens with zero attached hydrogens (tertiary/aromatic N) is 1. The van der Waals surface area contributed by atoms with E-state index in [1.165, 1.54) is 37.3 Å². The van der Waals surface area contributed by atoms with Gasteiger partial charge in [-0.15, -0.1) is 0 Å². The first-order valence-electron chi connectivity index (χ1n) is 6.99. The Labute approximate surface area is 141 Å². The highest BCUT2D eigenvalue weighted by Gasteiger charge is 2.25. The van der Waals surface area contributed by atoms with Crippen LogP contribution in [-0.4, -0.2) is 16.2 Å². The van der Waals surface area contributed by atoms with Crippen molar-refractivity contribution in [3.8, 4) is 17.0 Å². The van der Waals surface area contributed by atoms with Crippen molar-refractivity contribution in [3.05, 3.63) is 64.6 Å². The van der Waals surface area contributed by atoms with Crippen LogP contribution in [0.1, 0.15) is 16.1 Å². The molecular formula is C17H12ClFN2O3. The largest absolute Gasteiger partial charge is 0.506 e. The first-order valence-corrected chi connectivity index (χ1v) is 7.37. The molecule has 0 radical (unpaired) electrons. The highest BCUT2D eigenvalue weighted by molar-refractivity contribution is 6.33. The third kappa shape index (κ3) is 2.83. The van der Waals surface area contributed by atoms with Crippen LogP contribution in [0.25, 0.3) is 11.3 Å². The van der Waals surface area contributed by atoms with Crippen molar-refractivity contribution in [2.45, 2.75) is 6.92 Å². The molecule has 5 nitrogen and oxygen atoms in total. The lowest BCUT2D eigenvalue weighted by Gasteiger charge is -2.08. The molecule has 1 aromatic heterocycles. The smallest absolute Gasteiger partial charge is 0.261 e. The number of hydrogen-bond donors (Lipinski definition) is 2. The van der Waals surface area contributed by atoms with Crippen molar-refractivity contribution < 1.29 is 18.8 Å². The molecule has 0 bridgehead atoms. The lowest BCUT2D eigenvalue weighted by Crippen LogP contribution is -2.13. The second kappa shape index (κ2) is 6.33. The van der Waals surface area contributed by atoms with Gasteiger partial charge in [0.05, 0.1) is 16.3 Å². The summed E-state index contributed by atoms with van der Waals surface area (Å²) in [7, 11) is 0. The Balaban J connectivity index is 2.05. The molecule has 122 valence electrons. The van der Waals surface area contributed by atoms with E-state index in [0.29, 0.717) is 0 Å². The maximum Gasteiger partial charge on any atom is 0.261 e. The standard InChI is InChI=1S/C17H12ClFN2O3/c1-9-14(17(23)20-12-7-2-3-8-13(12)22)16(21-24-9)15-10(18)5-4-6-11(15)19/h2-8,22H,1H3,(H,20,23).